The Morgan fingerprint density at radius 1 is 1.10 bits per heavy atom. The lowest BCUT2D eigenvalue weighted by Gasteiger charge is -2.10. The van der Waals surface area contributed by atoms with Crippen LogP contribution in [0.1, 0.15) is 24.0 Å². The summed E-state index contributed by atoms with van der Waals surface area (Å²) in [4.78, 5) is 0. The first-order valence-electron chi connectivity index (χ1n) is 7.07. The number of hydrogen-bond acceptors (Lipinski definition) is 2. The fraction of sp³-hybridized carbons (Fsp3) is 0.294. The molecule has 2 aromatic carbocycles. The van der Waals surface area contributed by atoms with Crippen molar-refractivity contribution in [3.63, 3.8) is 0 Å². The van der Waals surface area contributed by atoms with Crippen LogP contribution in [0.2, 0.25) is 0 Å². The second-order valence-electron chi connectivity index (χ2n) is 5.46. The summed E-state index contributed by atoms with van der Waals surface area (Å²) in [5.74, 6) is -1.29. The van der Waals surface area contributed by atoms with Crippen molar-refractivity contribution in [1.82, 2.24) is 5.32 Å². The van der Waals surface area contributed by atoms with Crippen LogP contribution >= 0.6 is 0 Å². The minimum absolute atomic E-state index is 0.353. The molecule has 2 aromatic rings. The largest absolute Gasteiger partial charge is 0.451 e. The van der Waals surface area contributed by atoms with Gasteiger partial charge in [0.25, 0.3) is 0 Å². The molecule has 0 bridgehead atoms. The van der Waals surface area contributed by atoms with Crippen LogP contribution in [0.4, 0.5) is 8.78 Å². The van der Waals surface area contributed by atoms with E-state index in [1.807, 2.05) is 19.1 Å². The Balaban J connectivity index is 1.76. The second-order valence-corrected chi connectivity index (χ2v) is 5.46. The molecule has 0 aromatic heterocycles. The van der Waals surface area contributed by atoms with Gasteiger partial charge in [-0.05, 0) is 49.6 Å². The number of ether oxygens (including phenoxy) is 1. The molecule has 4 heteroatoms. The molecule has 1 saturated carbocycles. The molecular formula is C17H17F2NO. The average molecular weight is 289 g/mol. The highest BCUT2D eigenvalue weighted by Crippen LogP contribution is 2.29. The summed E-state index contributed by atoms with van der Waals surface area (Å²) in [7, 11) is 0. The van der Waals surface area contributed by atoms with E-state index in [2.05, 4.69) is 5.32 Å². The molecular weight excluding hydrogens is 272 g/mol. The molecule has 3 rings (SSSR count). The van der Waals surface area contributed by atoms with Gasteiger partial charge in [-0.15, -0.1) is 0 Å². The zero-order chi connectivity index (χ0) is 14.8. The lowest BCUT2D eigenvalue weighted by molar-refractivity contribution is 0.406. The molecule has 1 aliphatic carbocycles. The summed E-state index contributed by atoms with van der Waals surface area (Å²) in [5.41, 5.74) is 1.65. The molecule has 1 N–H and O–H groups in total. The first-order chi connectivity index (χ1) is 10.1. The second kappa shape index (κ2) is 5.82. The van der Waals surface area contributed by atoms with Gasteiger partial charge in [-0.2, -0.15) is 0 Å². The van der Waals surface area contributed by atoms with E-state index in [0.717, 1.165) is 18.4 Å². The van der Waals surface area contributed by atoms with Gasteiger partial charge in [-0.25, -0.2) is 8.78 Å². The Labute approximate surface area is 122 Å². The summed E-state index contributed by atoms with van der Waals surface area (Å²) < 4.78 is 33.4. The summed E-state index contributed by atoms with van der Waals surface area (Å²) >= 11 is 0. The minimum atomic E-state index is -0.678. The Morgan fingerprint density at radius 3 is 2.29 bits per heavy atom. The van der Waals surface area contributed by atoms with E-state index >= 15 is 0 Å². The predicted octanol–water partition coefficient (Wildman–Crippen LogP) is 4.32. The van der Waals surface area contributed by atoms with Crippen molar-refractivity contribution in [3.05, 3.63) is 59.2 Å². The standard InChI is InChI=1S/C17H17F2NO/c1-11-2-6-14(7-3-11)21-17-15(18)8-12(9-16(17)19)10-20-13-4-5-13/h2-3,6-9,13,20H,4-5,10H2,1H3. The van der Waals surface area contributed by atoms with Gasteiger partial charge >= 0.3 is 0 Å². The summed E-state index contributed by atoms with van der Waals surface area (Å²) in [6.45, 7) is 2.41. The van der Waals surface area contributed by atoms with Gasteiger partial charge in [0.2, 0.25) is 0 Å². The molecule has 1 fully saturated rings. The Kier molecular flexibility index (Phi) is 3.88. The third-order valence-corrected chi connectivity index (χ3v) is 3.47. The van der Waals surface area contributed by atoms with Crippen molar-refractivity contribution in [1.29, 1.82) is 0 Å². The Bertz CT molecular complexity index is 613. The highest BCUT2D eigenvalue weighted by atomic mass is 19.1. The summed E-state index contributed by atoms with van der Waals surface area (Å²) in [6, 6.07) is 10.2. The molecule has 0 aliphatic heterocycles. The van der Waals surface area contributed by atoms with Crippen LogP contribution in [0.25, 0.3) is 0 Å². The van der Waals surface area contributed by atoms with E-state index in [4.69, 9.17) is 4.74 Å². The first-order valence-corrected chi connectivity index (χ1v) is 7.07. The number of hydrogen-bond donors (Lipinski definition) is 1. The van der Waals surface area contributed by atoms with Crippen LogP contribution in [-0.2, 0) is 6.54 Å². The van der Waals surface area contributed by atoms with Crippen molar-refractivity contribution in [2.24, 2.45) is 0 Å². The molecule has 0 atom stereocenters. The van der Waals surface area contributed by atoms with Crippen LogP contribution in [0.15, 0.2) is 36.4 Å². The summed E-state index contributed by atoms with van der Waals surface area (Å²) in [5, 5.41) is 3.23. The maximum absolute atomic E-state index is 14.0. The zero-order valence-corrected chi connectivity index (χ0v) is 11.8. The topological polar surface area (TPSA) is 21.3 Å². The number of benzene rings is 2. The Hall–Kier alpha value is -1.94. The van der Waals surface area contributed by atoms with Crippen LogP contribution in [-0.4, -0.2) is 6.04 Å². The SMILES string of the molecule is Cc1ccc(Oc2c(F)cc(CNC3CC3)cc2F)cc1. The van der Waals surface area contributed by atoms with E-state index in [-0.39, 0.29) is 5.75 Å². The van der Waals surface area contributed by atoms with Crippen LogP contribution in [0, 0.1) is 18.6 Å². The van der Waals surface area contributed by atoms with Gasteiger partial charge in [0, 0.05) is 12.6 Å². The van der Waals surface area contributed by atoms with E-state index < -0.39 is 11.6 Å². The third-order valence-electron chi connectivity index (χ3n) is 3.47. The lowest BCUT2D eigenvalue weighted by atomic mass is 10.2. The number of halogens is 2. The van der Waals surface area contributed by atoms with Gasteiger partial charge in [-0.1, -0.05) is 17.7 Å². The van der Waals surface area contributed by atoms with Gasteiger partial charge in [0.15, 0.2) is 17.4 Å². The molecule has 1 aliphatic rings. The number of rotatable bonds is 5. The van der Waals surface area contributed by atoms with Gasteiger partial charge in [0.05, 0.1) is 0 Å². The van der Waals surface area contributed by atoms with E-state index in [0.29, 0.717) is 23.9 Å². The van der Waals surface area contributed by atoms with Gasteiger partial charge < -0.3 is 10.1 Å². The molecule has 0 radical (unpaired) electrons. The molecule has 0 unspecified atom stereocenters. The molecule has 0 saturated heterocycles. The van der Waals surface area contributed by atoms with E-state index in [9.17, 15) is 8.78 Å². The number of nitrogens with one attached hydrogen (secondary N) is 1. The maximum atomic E-state index is 14.0. The monoisotopic (exact) mass is 289 g/mol. The summed E-state index contributed by atoms with van der Waals surface area (Å²) in [6.07, 6.45) is 2.28. The highest BCUT2D eigenvalue weighted by molar-refractivity contribution is 5.36. The number of aryl methyl sites for hydroxylation is 1. The molecule has 110 valence electrons. The molecule has 2 nitrogen and oxygen atoms in total. The zero-order valence-electron chi connectivity index (χ0n) is 11.8. The van der Waals surface area contributed by atoms with E-state index in [1.165, 1.54) is 12.1 Å². The minimum Gasteiger partial charge on any atom is -0.451 e. The maximum Gasteiger partial charge on any atom is 0.198 e. The molecule has 0 amide bonds. The van der Waals surface area contributed by atoms with Crippen LogP contribution < -0.4 is 10.1 Å². The first kappa shape index (κ1) is 14.0. The van der Waals surface area contributed by atoms with Crippen molar-refractivity contribution in [2.75, 3.05) is 0 Å². The third kappa shape index (κ3) is 3.58. The lowest BCUT2D eigenvalue weighted by Crippen LogP contribution is -2.15. The van der Waals surface area contributed by atoms with Gasteiger partial charge in [0.1, 0.15) is 5.75 Å². The quantitative estimate of drug-likeness (QED) is 0.885. The highest BCUT2D eigenvalue weighted by Gasteiger charge is 2.21. The van der Waals surface area contributed by atoms with E-state index in [1.54, 1.807) is 12.1 Å². The molecule has 0 heterocycles. The van der Waals surface area contributed by atoms with Crippen molar-refractivity contribution in [2.45, 2.75) is 32.4 Å². The normalized spacial score (nSPS) is 14.2. The molecule has 0 spiro atoms. The van der Waals surface area contributed by atoms with Crippen molar-refractivity contribution >= 4 is 0 Å². The smallest absolute Gasteiger partial charge is 0.198 e. The van der Waals surface area contributed by atoms with Crippen LogP contribution in [0.5, 0.6) is 11.5 Å². The van der Waals surface area contributed by atoms with Gasteiger partial charge in [-0.3, -0.25) is 0 Å². The predicted molar refractivity (Wildman–Crippen MR) is 77.5 cm³/mol. The van der Waals surface area contributed by atoms with Crippen molar-refractivity contribution < 1.29 is 13.5 Å². The fourth-order valence-corrected chi connectivity index (χ4v) is 2.09. The average Bonchev–Trinajstić information content (AvgIpc) is 3.27. The fourth-order valence-electron chi connectivity index (χ4n) is 2.09. The van der Waals surface area contributed by atoms with Crippen molar-refractivity contribution in [3.8, 4) is 11.5 Å². The van der Waals surface area contributed by atoms with Crippen LogP contribution in [0.3, 0.4) is 0 Å². The molecule has 21 heavy (non-hydrogen) atoms. The Morgan fingerprint density at radius 2 is 1.71 bits per heavy atom.